The van der Waals surface area contributed by atoms with Crippen molar-refractivity contribution >= 4 is 40.5 Å². The Morgan fingerprint density at radius 3 is 2.44 bits per heavy atom. The Labute approximate surface area is 163 Å². The van der Waals surface area contributed by atoms with Gasteiger partial charge in [0.2, 0.25) is 11.8 Å². The van der Waals surface area contributed by atoms with Crippen LogP contribution in [-0.2, 0) is 20.7 Å². The van der Waals surface area contributed by atoms with E-state index in [9.17, 15) is 9.59 Å². The van der Waals surface area contributed by atoms with Gasteiger partial charge in [-0.3, -0.25) is 9.59 Å². The number of hydrogen-bond acceptors (Lipinski definition) is 4. The van der Waals surface area contributed by atoms with E-state index >= 15 is 0 Å². The molecule has 2 amide bonds. The summed E-state index contributed by atoms with van der Waals surface area (Å²) in [7, 11) is 0. The monoisotopic (exact) mass is 387 g/mol. The zero-order valence-corrected chi connectivity index (χ0v) is 15.9. The molecule has 2 N–H and O–H groups in total. The molecule has 1 aliphatic rings. The van der Waals surface area contributed by atoms with Crippen molar-refractivity contribution in [2.24, 2.45) is 0 Å². The standard InChI is InChI=1S/C20H22ClN3O3/c1-14(25)22-16-7-5-15(6-8-16)13-19(26)23-18-4-2-3-17(21)20(18)24-9-11-27-12-10-24/h2-8H,9-13H2,1H3,(H,22,25)(H,23,26). The maximum atomic E-state index is 12.5. The molecule has 0 saturated carbocycles. The molecule has 1 aliphatic heterocycles. The first kappa shape index (κ1) is 19.2. The first-order valence-corrected chi connectivity index (χ1v) is 9.18. The summed E-state index contributed by atoms with van der Waals surface area (Å²) in [5.74, 6) is -0.254. The number of amides is 2. The van der Waals surface area contributed by atoms with Gasteiger partial charge in [0.15, 0.2) is 0 Å². The van der Waals surface area contributed by atoms with Crippen LogP contribution >= 0.6 is 11.6 Å². The summed E-state index contributed by atoms with van der Waals surface area (Å²) in [4.78, 5) is 25.7. The van der Waals surface area contributed by atoms with Crippen molar-refractivity contribution in [3.8, 4) is 0 Å². The number of morpholine rings is 1. The molecule has 27 heavy (non-hydrogen) atoms. The second-order valence-corrected chi connectivity index (χ2v) is 6.75. The van der Waals surface area contributed by atoms with E-state index in [1.165, 1.54) is 6.92 Å². The lowest BCUT2D eigenvalue weighted by molar-refractivity contribution is -0.116. The van der Waals surface area contributed by atoms with E-state index in [0.717, 1.165) is 24.3 Å². The molecule has 0 spiro atoms. The average molecular weight is 388 g/mol. The van der Waals surface area contributed by atoms with Crippen LogP contribution in [0, 0.1) is 0 Å². The third-order valence-electron chi connectivity index (χ3n) is 4.23. The van der Waals surface area contributed by atoms with Crippen LogP contribution in [0.1, 0.15) is 12.5 Å². The zero-order valence-electron chi connectivity index (χ0n) is 15.1. The molecule has 2 aromatic carbocycles. The molecule has 2 aromatic rings. The van der Waals surface area contributed by atoms with Gasteiger partial charge in [0.05, 0.1) is 36.0 Å². The normalized spacial score (nSPS) is 13.9. The molecule has 0 atom stereocenters. The number of para-hydroxylation sites is 1. The van der Waals surface area contributed by atoms with Crippen LogP contribution in [0.4, 0.5) is 17.1 Å². The fraction of sp³-hybridized carbons (Fsp3) is 0.300. The Morgan fingerprint density at radius 1 is 1.07 bits per heavy atom. The average Bonchev–Trinajstić information content (AvgIpc) is 2.64. The van der Waals surface area contributed by atoms with Gasteiger partial charge in [-0.15, -0.1) is 0 Å². The van der Waals surface area contributed by atoms with Crippen LogP contribution < -0.4 is 15.5 Å². The van der Waals surface area contributed by atoms with Crippen molar-refractivity contribution in [1.82, 2.24) is 0 Å². The highest BCUT2D eigenvalue weighted by Crippen LogP contribution is 2.34. The van der Waals surface area contributed by atoms with E-state index in [1.54, 1.807) is 12.1 Å². The van der Waals surface area contributed by atoms with Gasteiger partial charge in [-0.05, 0) is 29.8 Å². The Morgan fingerprint density at radius 2 is 1.78 bits per heavy atom. The van der Waals surface area contributed by atoms with Crippen molar-refractivity contribution in [2.75, 3.05) is 41.8 Å². The maximum absolute atomic E-state index is 12.5. The number of nitrogens with one attached hydrogen (secondary N) is 2. The fourth-order valence-electron chi connectivity index (χ4n) is 3.01. The van der Waals surface area contributed by atoms with Gasteiger partial charge in [-0.1, -0.05) is 29.8 Å². The molecule has 7 heteroatoms. The van der Waals surface area contributed by atoms with E-state index in [0.29, 0.717) is 29.6 Å². The minimum atomic E-state index is -0.128. The minimum Gasteiger partial charge on any atom is -0.378 e. The number of hydrogen-bond donors (Lipinski definition) is 2. The predicted octanol–water partition coefficient (Wildman–Crippen LogP) is 3.32. The summed E-state index contributed by atoms with van der Waals surface area (Å²) in [6.07, 6.45) is 0.232. The molecule has 1 fully saturated rings. The highest BCUT2D eigenvalue weighted by molar-refractivity contribution is 6.34. The largest absolute Gasteiger partial charge is 0.378 e. The van der Waals surface area contributed by atoms with Crippen molar-refractivity contribution in [1.29, 1.82) is 0 Å². The summed E-state index contributed by atoms with van der Waals surface area (Å²) in [5.41, 5.74) is 3.09. The Bertz CT molecular complexity index is 818. The molecule has 1 saturated heterocycles. The molecular weight excluding hydrogens is 366 g/mol. The summed E-state index contributed by atoms with van der Waals surface area (Å²) in [6, 6.07) is 12.7. The Hall–Kier alpha value is -2.57. The number of benzene rings is 2. The summed E-state index contributed by atoms with van der Waals surface area (Å²) in [5, 5.41) is 6.28. The van der Waals surface area contributed by atoms with E-state index in [-0.39, 0.29) is 18.2 Å². The number of halogens is 1. The first-order valence-electron chi connectivity index (χ1n) is 8.80. The molecule has 6 nitrogen and oxygen atoms in total. The summed E-state index contributed by atoms with van der Waals surface area (Å²) >= 11 is 6.40. The number of ether oxygens (including phenoxy) is 1. The van der Waals surface area contributed by atoms with E-state index in [2.05, 4.69) is 15.5 Å². The van der Waals surface area contributed by atoms with E-state index in [1.807, 2.05) is 30.3 Å². The number of rotatable bonds is 5. The molecule has 0 aliphatic carbocycles. The van der Waals surface area contributed by atoms with Crippen LogP contribution in [0.2, 0.25) is 5.02 Å². The molecule has 0 unspecified atom stereocenters. The van der Waals surface area contributed by atoms with Crippen molar-refractivity contribution in [2.45, 2.75) is 13.3 Å². The van der Waals surface area contributed by atoms with Gasteiger partial charge in [0.1, 0.15) is 0 Å². The van der Waals surface area contributed by atoms with Gasteiger partial charge in [0, 0.05) is 25.7 Å². The third-order valence-corrected chi connectivity index (χ3v) is 4.53. The second kappa shape index (κ2) is 8.88. The van der Waals surface area contributed by atoms with Crippen molar-refractivity contribution < 1.29 is 14.3 Å². The van der Waals surface area contributed by atoms with Crippen LogP contribution in [0.25, 0.3) is 0 Å². The SMILES string of the molecule is CC(=O)Nc1ccc(CC(=O)Nc2cccc(Cl)c2N2CCOCC2)cc1. The molecule has 0 radical (unpaired) electrons. The highest BCUT2D eigenvalue weighted by atomic mass is 35.5. The first-order chi connectivity index (χ1) is 13.0. The van der Waals surface area contributed by atoms with E-state index < -0.39 is 0 Å². The summed E-state index contributed by atoms with van der Waals surface area (Å²) in [6.45, 7) is 4.20. The fourth-order valence-corrected chi connectivity index (χ4v) is 3.31. The van der Waals surface area contributed by atoms with Gasteiger partial charge < -0.3 is 20.3 Å². The topological polar surface area (TPSA) is 70.7 Å². The van der Waals surface area contributed by atoms with Crippen molar-refractivity contribution in [3.63, 3.8) is 0 Å². The zero-order chi connectivity index (χ0) is 19.2. The minimum absolute atomic E-state index is 0.126. The molecular formula is C20H22ClN3O3. The van der Waals surface area contributed by atoms with E-state index in [4.69, 9.17) is 16.3 Å². The summed E-state index contributed by atoms with van der Waals surface area (Å²) < 4.78 is 5.40. The lowest BCUT2D eigenvalue weighted by atomic mass is 10.1. The van der Waals surface area contributed by atoms with Gasteiger partial charge in [0.25, 0.3) is 0 Å². The second-order valence-electron chi connectivity index (χ2n) is 6.34. The number of carbonyl (C=O) groups excluding carboxylic acids is 2. The van der Waals surface area contributed by atoms with Gasteiger partial charge in [-0.2, -0.15) is 0 Å². The van der Waals surface area contributed by atoms with Crippen LogP contribution in [-0.4, -0.2) is 38.1 Å². The molecule has 3 rings (SSSR count). The molecule has 0 bridgehead atoms. The van der Waals surface area contributed by atoms with Crippen LogP contribution in [0.5, 0.6) is 0 Å². The lowest BCUT2D eigenvalue weighted by Gasteiger charge is -2.31. The smallest absolute Gasteiger partial charge is 0.228 e. The van der Waals surface area contributed by atoms with Crippen molar-refractivity contribution in [3.05, 3.63) is 53.1 Å². The Balaban J connectivity index is 1.69. The highest BCUT2D eigenvalue weighted by Gasteiger charge is 2.19. The van der Waals surface area contributed by atoms with Crippen LogP contribution in [0.3, 0.4) is 0 Å². The van der Waals surface area contributed by atoms with Crippen LogP contribution in [0.15, 0.2) is 42.5 Å². The third kappa shape index (κ3) is 5.21. The number of anilines is 3. The maximum Gasteiger partial charge on any atom is 0.228 e. The number of carbonyl (C=O) groups is 2. The van der Waals surface area contributed by atoms with Gasteiger partial charge >= 0.3 is 0 Å². The predicted molar refractivity (Wildman–Crippen MR) is 108 cm³/mol. The molecule has 1 heterocycles. The Kier molecular flexibility index (Phi) is 6.32. The quantitative estimate of drug-likeness (QED) is 0.825. The molecule has 142 valence electrons. The lowest BCUT2D eigenvalue weighted by Crippen LogP contribution is -2.37. The van der Waals surface area contributed by atoms with Gasteiger partial charge in [-0.25, -0.2) is 0 Å². The number of nitrogens with zero attached hydrogens (tertiary/aromatic N) is 1. The molecule has 0 aromatic heterocycles.